The Morgan fingerprint density at radius 3 is 2.69 bits per heavy atom. The molecular weight excluding hydrogens is 332 g/mol. The summed E-state index contributed by atoms with van der Waals surface area (Å²) >= 11 is 0. The van der Waals surface area contributed by atoms with Crippen molar-refractivity contribution in [2.45, 2.75) is 6.42 Å². The Morgan fingerprint density at radius 2 is 1.96 bits per heavy atom. The first-order chi connectivity index (χ1) is 12.8. The van der Waals surface area contributed by atoms with Gasteiger partial charge in [0.2, 0.25) is 5.88 Å². The molecule has 2 N–H and O–H groups in total. The second-order valence-electron chi connectivity index (χ2n) is 6.05. The Labute approximate surface area is 153 Å². The van der Waals surface area contributed by atoms with Crippen LogP contribution in [0.4, 0.5) is 10.5 Å². The molecule has 7 nitrogen and oxygen atoms in total. The zero-order chi connectivity index (χ0) is 18.2. The lowest BCUT2D eigenvalue weighted by Gasteiger charge is -2.24. The highest BCUT2D eigenvalue weighted by Gasteiger charge is 2.19. The van der Waals surface area contributed by atoms with Crippen LogP contribution in [0.15, 0.2) is 48.7 Å². The normalized spacial score (nSPS) is 14.7. The van der Waals surface area contributed by atoms with Crippen LogP contribution in [0.3, 0.4) is 0 Å². The van der Waals surface area contributed by atoms with Gasteiger partial charge in [-0.2, -0.15) is 0 Å². The minimum Gasteiger partial charge on any atom is -0.439 e. The number of nitrogens with one attached hydrogen (secondary N) is 1. The second-order valence-corrected chi connectivity index (χ2v) is 6.05. The van der Waals surface area contributed by atoms with Crippen molar-refractivity contribution in [2.24, 2.45) is 0 Å². The maximum Gasteiger partial charge on any atom is 0.317 e. The number of nitrogens with zero attached hydrogens (tertiary/aromatic N) is 3. The summed E-state index contributed by atoms with van der Waals surface area (Å²) in [6.07, 6.45) is 2.60. The molecule has 1 aromatic heterocycles. The summed E-state index contributed by atoms with van der Waals surface area (Å²) in [5, 5.41) is 11.5. The van der Waals surface area contributed by atoms with Crippen LogP contribution in [0, 0.1) is 0 Å². The van der Waals surface area contributed by atoms with Crippen molar-refractivity contribution in [3.63, 3.8) is 0 Å². The van der Waals surface area contributed by atoms with E-state index in [1.165, 1.54) is 0 Å². The molecule has 1 fully saturated rings. The molecule has 0 spiro atoms. The third-order valence-corrected chi connectivity index (χ3v) is 4.23. The molecule has 0 bridgehead atoms. The van der Waals surface area contributed by atoms with E-state index in [9.17, 15) is 4.79 Å². The minimum absolute atomic E-state index is 0.0430. The van der Waals surface area contributed by atoms with E-state index in [0.29, 0.717) is 19.0 Å². The average molecular weight is 356 g/mol. The highest BCUT2D eigenvalue weighted by molar-refractivity contribution is 5.74. The van der Waals surface area contributed by atoms with E-state index >= 15 is 0 Å². The van der Waals surface area contributed by atoms with Crippen LogP contribution in [-0.2, 0) is 0 Å². The quantitative estimate of drug-likeness (QED) is 0.858. The Morgan fingerprint density at radius 1 is 1.12 bits per heavy atom. The summed E-state index contributed by atoms with van der Waals surface area (Å²) in [4.78, 5) is 20.3. The number of aliphatic hydroxyl groups is 1. The van der Waals surface area contributed by atoms with Gasteiger partial charge in [-0.05, 0) is 36.8 Å². The molecular formula is C19H24N4O3. The molecule has 1 aliphatic rings. The maximum absolute atomic E-state index is 12.0. The number of amides is 2. The van der Waals surface area contributed by atoms with Gasteiger partial charge in [0, 0.05) is 50.7 Å². The number of benzene rings is 1. The number of aliphatic hydroxyl groups excluding tert-OH is 1. The molecule has 7 heteroatoms. The Kier molecular flexibility index (Phi) is 6.27. The van der Waals surface area contributed by atoms with E-state index in [2.05, 4.69) is 15.2 Å². The predicted octanol–water partition coefficient (Wildman–Crippen LogP) is 2.09. The van der Waals surface area contributed by atoms with Gasteiger partial charge in [-0.15, -0.1) is 0 Å². The number of rotatable bonds is 5. The molecule has 1 saturated heterocycles. The first-order valence-electron chi connectivity index (χ1n) is 8.84. The summed E-state index contributed by atoms with van der Waals surface area (Å²) in [6, 6.07) is 13.4. The molecule has 1 aromatic carbocycles. The molecule has 3 rings (SSSR count). The van der Waals surface area contributed by atoms with Crippen LogP contribution in [0.2, 0.25) is 0 Å². The first kappa shape index (κ1) is 18.0. The third-order valence-electron chi connectivity index (χ3n) is 4.23. The largest absolute Gasteiger partial charge is 0.439 e. The Bertz CT molecular complexity index is 694. The fourth-order valence-corrected chi connectivity index (χ4v) is 2.91. The number of aromatic nitrogens is 1. The van der Waals surface area contributed by atoms with Gasteiger partial charge < -0.3 is 25.0 Å². The van der Waals surface area contributed by atoms with Gasteiger partial charge >= 0.3 is 6.03 Å². The first-order valence-corrected chi connectivity index (χ1v) is 8.84. The molecule has 2 heterocycles. The number of ether oxygens (including phenoxy) is 1. The summed E-state index contributed by atoms with van der Waals surface area (Å²) in [7, 11) is 0. The lowest BCUT2D eigenvalue weighted by Crippen LogP contribution is -2.42. The highest BCUT2D eigenvalue weighted by Crippen LogP contribution is 2.24. The molecule has 1 aliphatic heterocycles. The van der Waals surface area contributed by atoms with Crippen molar-refractivity contribution >= 4 is 11.7 Å². The topological polar surface area (TPSA) is 77.9 Å². The van der Waals surface area contributed by atoms with Crippen LogP contribution >= 0.6 is 0 Å². The fourth-order valence-electron chi connectivity index (χ4n) is 2.91. The Balaban J connectivity index is 1.56. The fraction of sp³-hybridized carbons (Fsp3) is 0.368. The van der Waals surface area contributed by atoms with Crippen LogP contribution in [-0.4, -0.2) is 60.4 Å². The Hall–Kier alpha value is -2.80. The summed E-state index contributed by atoms with van der Waals surface area (Å²) in [5.41, 5.74) is 1.11. The van der Waals surface area contributed by atoms with E-state index in [-0.39, 0.29) is 19.2 Å². The molecule has 0 unspecified atom stereocenters. The number of hydrogen-bond donors (Lipinski definition) is 2. The smallest absolute Gasteiger partial charge is 0.317 e. The second kappa shape index (κ2) is 9.05. The molecule has 26 heavy (non-hydrogen) atoms. The van der Waals surface area contributed by atoms with Crippen molar-refractivity contribution in [1.29, 1.82) is 0 Å². The van der Waals surface area contributed by atoms with E-state index < -0.39 is 0 Å². The van der Waals surface area contributed by atoms with Gasteiger partial charge in [0.1, 0.15) is 5.75 Å². The van der Waals surface area contributed by atoms with Gasteiger partial charge in [-0.25, -0.2) is 9.78 Å². The molecule has 2 aromatic rings. The third kappa shape index (κ3) is 4.86. The summed E-state index contributed by atoms with van der Waals surface area (Å²) in [5.74, 6) is 1.31. The summed E-state index contributed by atoms with van der Waals surface area (Å²) in [6.45, 7) is 3.28. The number of hydrogen-bond acceptors (Lipinski definition) is 5. The van der Waals surface area contributed by atoms with E-state index in [1.54, 1.807) is 11.1 Å². The monoisotopic (exact) mass is 356 g/mol. The average Bonchev–Trinajstić information content (AvgIpc) is 2.94. The van der Waals surface area contributed by atoms with Crippen LogP contribution in [0.5, 0.6) is 11.6 Å². The highest BCUT2D eigenvalue weighted by atomic mass is 16.5. The maximum atomic E-state index is 12.0. The van der Waals surface area contributed by atoms with Crippen molar-refractivity contribution in [3.05, 3.63) is 48.7 Å². The van der Waals surface area contributed by atoms with Gasteiger partial charge in [0.15, 0.2) is 0 Å². The molecule has 0 saturated carbocycles. The molecule has 0 radical (unpaired) electrons. The zero-order valence-corrected chi connectivity index (χ0v) is 14.7. The standard InChI is InChI=1S/C19H24N4O3/c24-15-10-21-19(25)23-12-3-11-22(13-14-23)16-5-7-17(8-6-16)26-18-4-1-2-9-20-18/h1-2,4-9,24H,3,10-15H2,(H,21,25). The van der Waals surface area contributed by atoms with Crippen molar-refractivity contribution in [3.8, 4) is 11.6 Å². The van der Waals surface area contributed by atoms with Gasteiger partial charge in [-0.1, -0.05) is 6.07 Å². The van der Waals surface area contributed by atoms with E-state index in [1.807, 2.05) is 42.5 Å². The number of carbonyl (C=O) groups excluding carboxylic acids is 1. The van der Waals surface area contributed by atoms with Crippen molar-refractivity contribution < 1.29 is 14.6 Å². The van der Waals surface area contributed by atoms with Gasteiger partial charge in [0.25, 0.3) is 0 Å². The van der Waals surface area contributed by atoms with Crippen LogP contribution in [0.25, 0.3) is 0 Å². The van der Waals surface area contributed by atoms with Crippen LogP contribution < -0.4 is 15.0 Å². The lowest BCUT2D eigenvalue weighted by molar-refractivity contribution is 0.197. The van der Waals surface area contributed by atoms with Crippen LogP contribution in [0.1, 0.15) is 6.42 Å². The van der Waals surface area contributed by atoms with E-state index in [0.717, 1.165) is 30.9 Å². The number of urea groups is 1. The van der Waals surface area contributed by atoms with Gasteiger partial charge in [-0.3, -0.25) is 0 Å². The number of carbonyl (C=O) groups is 1. The number of pyridine rings is 1. The zero-order valence-electron chi connectivity index (χ0n) is 14.7. The van der Waals surface area contributed by atoms with Gasteiger partial charge in [0.05, 0.1) is 6.61 Å². The molecule has 138 valence electrons. The van der Waals surface area contributed by atoms with Crippen molar-refractivity contribution in [1.82, 2.24) is 15.2 Å². The predicted molar refractivity (Wildman–Crippen MR) is 99.6 cm³/mol. The molecule has 0 aliphatic carbocycles. The van der Waals surface area contributed by atoms with E-state index in [4.69, 9.17) is 9.84 Å². The summed E-state index contributed by atoms with van der Waals surface area (Å²) < 4.78 is 5.72. The minimum atomic E-state index is -0.111. The number of anilines is 1. The SMILES string of the molecule is O=C(NCCO)N1CCCN(c2ccc(Oc3ccccn3)cc2)CC1. The van der Waals surface area contributed by atoms with Crippen molar-refractivity contribution in [2.75, 3.05) is 44.2 Å². The molecule has 0 atom stereocenters. The molecule has 2 amide bonds. The lowest BCUT2D eigenvalue weighted by atomic mass is 10.2.